The maximum Gasteiger partial charge on any atom is 0.0898 e. The molecular weight excluding hydrogens is 444 g/mol. The molecule has 0 spiro atoms. The largest absolute Gasteiger partial charge is 0.393 e. The van der Waals surface area contributed by atoms with Crippen LogP contribution in [0.3, 0.4) is 0 Å². The zero-order valence-electron chi connectivity index (χ0n) is 23.3. The van der Waals surface area contributed by atoms with E-state index < -0.39 is 11.2 Å². The first kappa shape index (κ1) is 28.9. The smallest absolute Gasteiger partial charge is 0.0898 e. The molecular formula is C33H50O3. The summed E-state index contributed by atoms with van der Waals surface area (Å²) in [4.78, 5) is 0. The lowest BCUT2D eigenvalue weighted by Gasteiger charge is -2.35. The standard InChI is InChI=1S/C17H26O.C16H24O2/c1-4-14(3)15-5-7-16(8-6-15)17(18)11-9-13(2)10-12-17;1-3-12(2)13-4-6-14(7-5-13)16(18)10-8-15(17)9-11-16/h5-8,13-14,18H,4,9-12H2,1-3H3;4-7,12,15,17-18H,3,8-11H2,1-2H3. The highest BCUT2D eigenvalue weighted by Crippen LogP contribution is 2.40. The molecule has 0 heterocycles. The molecule has 36 heavy (non-hydrogen) atoms. The molecule has 0 radical (unpaired) electrons. The number of aliphatic hydroxyl groups excluding tert-OH is 1. The molecule has 2 aliphatic rings. The second-order valence-electron chi connectivity index (χ2n) is 11.8. The first-order valence-corrected chi connectivity index (χ1v) is 14.4. The second-order valence-corrected chi connectivity index (χ2v) is 11.8. The summed E-state index contributed by atoms with van der Waals surface area (Å²) in [7, 11) is 0. The molecule has 0 bridgehead atoms. The van der Waals surface area contributed by atoms with Crippen LogP contribution >= 0.6 is 0 Å². The summed E-state index contributed by atoms with van der Waals surface area (Å²) in [6.07, 6.45) is 8.91. The fourth-order valence-corrected chi connectivity index (χ4v) is 5.61. The third-order valence-electron chi connectivity index (χ3n) is 9.14. The molecule has 2 aromatic rings. The average molecular weight is 495 g/mol. The van der Waals surface area contributed by atoms with Gasteiger partial charge in [0.1, 0.15) is 0 Å². The summed E-state index contributed by atoms with van der Waals surface area (Å²) in [5.74, 6) is 1.95. The highest BCUT2D eigenvalue weighted by atomic mass is 16.3. The van der Waals surface area contributed by atoms with Crippen LogP contribution in [0.2, 0.25) is 0 Å². The van der Waals surface area contributed by atoms with Gasteiger partial charge in [-0.2, -0.15) is 0 Å². The van der Waals surface area contributed by atoms with E-state index in [0.29, 0.717) is 37.5 Å². The predicted molar refractivity (Wildman–Crippen MR) is 150 cm³/mol. The lowest BCUT2D eigenvalue weighted by Crippen LogP contribution is -2.33. The zero-order valence-corrected chi connectivity index (χ0v) is 23.3. The van der Waals surface area contributed by atoms with Crippen molar-refractivity contribution in [3.05, 3.63) is 70.8 Å². The number of benzene rings is 2. The van der Waals surface area contributed by atoms with E-state index in [0.717, 1.165) is 49.1 Å². The lowest BCUT2D eigenvalue weighted by atomic mass is 9.75. The van der Waals surface area contributed by atoms with Gasteiger partial charge in [-0.15, -0.1) is 0 Å². The maximum atomic E-state index is 10.7. The van der Waals surface area contributed by atoms with Crippen LogP contribution < -0.4 is 0 Å². The SMILES string of the molecule is CCC(C)c1ccc(C2(O)CCC(C)CC2)cc1.CCC(C)c1ccc(C2(O)CCC(O)CC2)cc1. The summed E-state index contributed by atoms with van der Waals surface area (Å²) in [6.45, 7) is 11.2. The highest BCUT2D eigenvalue weighted by molar-refractivity contribution is 5.30. The van der Waals surface area contributed by atoms with Crippen molar-refractivity contribution in [3.8, 4) is 0 Å². The number of hydrogen-bond donors (Lipinski definition) is 3. The van der Waals surface area contributed by atoms with Crippen molar-refractivity contribution in [2.45, 2.75) is 128 Å². The minimum Gasteiger partial charge on any atom is -0.393 e. The molecule has 0 amide bonds. The predicted octanol–water partition coefficient (Wildman–Crippen LogP) is 7.92. The van der Waals surface area contributed by atoms with Gasteiger partial charge in [0.25, 0.3) is 0 Å². The van der Waals surface area contributed by atoms with Crippen LogP contribution in [0, 0.1) is 5.92 Å². The van der Waals surface area contributed by atoms with Gasteiger partial charge in [-0.25, -0.2) is 0 Å². The molecule has 3 nitrogen and oxygen atoms in total. The first-order chi connectivity index (χ1) is 17.1. The van der Waals surface area contributed by atoms with E-state index in [9.17, 15) is 15.3 Å². The van der Waals surface area contributed by atoms with Gasteiger partial charge in [0.05, 0.1) is 17.3 Å². The van der Waals surface area contributed by atoms with Crippen LogP contribution in [0.15, 0.2) is 48.5 Å². The van der Waals surface area contributed by atoms with E-state index in [-0.39, 0.29) is 6.10 Å². The minimum absolute atomic E-state index is 0.232. The molecule has 2 unspecified atom stereocenters. The van der Waals surface area contributed by atoms with Crippen LogP contribution in [0.5, 0.6) is 0 Å². The van der Waals surface area contributed by atoms with Crippen molar-refractivity contribution < 1.29 is 15.3 Å². The Morgan fingerprint density at radius 1 is 0.667 bits per heavy atom. The van der Waals surface area contributed by atoms with Gasteiger partial charge in [0.2, 0.25) is 0 Å². The van der Waals surface area contributed by atoms with Gasteiger partial charge < -0.3 is 15.3 Å². The van der Waals surface area contributed by atoms with Crippen molar-refractivity contribution in [1.82, 2.24) is 0 Å². The Balaban J connectivity index is 0.000000201. The summed E-state index contributed by atoms with van der Waals surface area (Å²) in [5, 5.41) is 30.9. The Bertz CT molecular complexity index is 823. The van der Waals surface area contributed by atoms with E-state index in [2.05, 4.69) is 83.1 Å². The summed E-state index contributed by atoms with van der Waals surface area (Å²) >= 11 is 0. The zero-order chi connectivity index (χ0) is 26.3. The summed E-state index contributed by atoms with van der Waals surface area (Å²) in [6, 6.07) is 17.0. The van der Waals surface area contributed by atoms with Crippen molar-refractivity contribution in [1.29, 1.82) is 0 Å². The number of hydrogen-bond acceptors (Lipinski definition) is 3. The quantitative estimate of drug-likeness (QED) is 0.382. The van der Waals surface area contributed by atoms with E-state index in [1.807, 2.05) is 0 Å². The Morgan fingerprint density at radius 2 is 1.00 bits per heavy atom. The van der Waals surface area contributed by atoms with Crippen molar-refractivity contribution in [2.24, 2.45) is 5.92 Å². The fraction of sp³-hybridized carbons (Fsp3) is 0.636. The minimum atomic E-state index is -0.729. The summed E-state index contributed by atoms with van der Waals surface area (Å²) in [5.41, 5.74) is 3.53. The third kappa shape index (κ3) is 7.21. The van der Waals surface area contributed by atoms with Crippen LogP contribution in [-0.4, -0.2) is 21.4 Å². The van der Waals surface area contributed by atoms with Crippen LogP contribution in [-0.2, 0) is 11.2 Å². The number of aliphatic hydroxyl groups is 3. The van der Waals surface area contributed by atoms with Crippen LogP contribution in [0.4, 0.5) is 0 Å². The Labute approximate surface area is 220 Å². The normalized spacial score (nSPS) is 30.1. The van der Waals surface area contributed by atoms with E-state index in [1.165, 1.54) is 17.5 Å². The number of rotatable bonds is 6. The van der Waals surface area contributed by atoms with Gasteiger partial charge >= 0.3 is 0 Å². The average Bonchev–Trinajstić information content (AvgIpc) is 2.92. The van der Waals surface area contributed by atoms with Gasteiger partial charge in [0, 0.05) is 0 Å². The summed E-state index contributed by atoms with van der Waals surface area (Å²) < 4.78 is 0. The molecule has 2 aromatic carbocycles. The molecule has 2 atom stereocenters. The molecule has 0 aliphatic heterocycles. The van der Waals surface area contributed by atoms with E-state index in [4.69, 9.17) is 0 Å². The van der Waals surface area contributed by atoms with Crippen molar-refractivity contribution in [2.75, 3.05) is 0 Å². The van der Waals surface area contributed by atoms with Crippen molar-refractivity contribution >= 4 is 0 Å². The monoisotopic (exact) mass is 494 g/mol. The first-order valence-electron chi connectivity index (χ1n) is 14.4. The molecule has 200 valence electrons. The van der Waals surface area contributed by atoms with E-state index in [1.54, 1.807) is 0 Å². The van der Waals surface area contributed by atoms with Crippen molar-refractivity contribution in [3.63, 3.8) is 0 Å². The van der Waals surface area contributed by atoms with Gasteiger partial charge in [-0.3, -0.25) is 0 Å². The molecule has 2 aliphatic carbocycles. The maximum absolute atomic E-state index is 10.7. The van der Waals surface area contributed by atoms with E-state index >= 15 is 0 Å². The Morgan fingerprint density at radius 3 is 1.33 bits per heavy atom. The van der Waals surface area contributed by atoms with Gasteiger partial charge in [0.15, 0.2) is 0 Å². The Kier molecular flexibility index (Phi) is 10.2. The third-order valence-corrected chi connectivity index (χ3v) is 9.14. The Hall–Kier alpha value is -1.68. The molecule has 0 aromatic heterocycles. The molecule has 3 heteroatoms. The second kappa shape index (κ2) is 12.7. The van der Waals surface area contributed by atoms with Crippen LogP contribution in [0.1, 0.15) is 133 Å². The molecule has 2 saturated carbocycles. The fourth-order valence-electron chi connectivity index (χ4n) is 5.61. The van der Waals surface area contributed by atoms with Gasteiger partial charge in [-0.05, 0) is 104 Å². The molecule has 3 N–H and O–H groups in total. The lowest BCUT2D eigenvalue weighted by molar-refractivity contribution is -0.0361. The van der Waals surface area contributed by atoms with Gasteiger partial charge in [-0.1, -0.05) is 83.1 Å². The highest BCUT2D eigenvalue weighted by Gasteiger charge is 2.34. The topological polar surface area (TPSA) is 60.7 Å². The molecule has 0 saturated heterocycles. The molecule has 4 rings (SSSR count). The van der Waals surface area contributed by atoms with Crippen LogP contribution in [0.25, 0.3) is 0 Å². The molecule has 2 fully saturated rings.